The van der Waals surface area contributed by atoms with Gasteiger partial charge >= 0.3 is 0 Å². The molecular weight excluding hydrogens is 348 g/mol. The van der Waals surface area contributed by atoms with E-state index in [1.165, 1.54) is 0 Å². The summed E-state index contributed by atoms with van der Waals surface area (Å²) in [5.41, 5.74) is 4.68. The van der Waals surface area contributed by atoms with Crippen molar-refractivity contribution in [2.75, 3.05) is 11.9 Å². The molecule has 0 unspecified atom stereocenters. The quantitative estimate of drug-likeness (QED) is 0.509. The first-order valence-corrected chi connectivity index (χ1v) is 9.20. The van der Waals surface area contributed by atoms with Crippen LogP contribution in [0.5, 0.6) is 0 Å². The number of benzene rings is 1. The molecule has 6 heteroatoms. The Morgan fingerprint density at radius 2 is 1.82 bits per heavy atom. The Morgan fingerprint density at radius 3 is 2.75 bits per heavy atom. The number of fused-ring (bicyclic) bond motifs is 2. The first-order valence-electron chi connectivity index (χ1n) is 9.20. The van der Waals surface area contributed by atoms with Gasteiger partial charge in [0, 0.05) is 54.1 Å². The highest BCUT2D eigenvalue weighted by atomic mass is 15.3. The Labute approximate surface area is 161 Å². The van der Waals surface area contributed by atoms with E-state index >= 15 is 0 Å². The number of anilines is 1. The molecule has 0 saturated heterocycles. The lowest BCUT2D eigenvalue weighted by Crippen LogP contribution is -2.10. The van der Waals surface area contributed by atoms with Crippen LogP contribution in [-0.4, -0.2) is 31.1 Å². The normalized spacial score (nSPS) is 11.1. The van der Waals surface area contributed by atoms with E-state index in [2.05, 4.69) is 32.5 Å². The SMILES string of the molecule is c1ccc(CCNc2cc(-c3cnc4ccccc4c3)nc3ccnn23)nc1. The molecule has 0 fully saturated rings. The van der Waals surface area contributed by atoms with Gasteiger partial charge in [0.25, 0.3) is 0 Å². The molecule has 1 aromatic carbocycles. The van der Waals surface area contributed by atoms with E-state index in [9.17, 15) is 0 Å². The molecule has 4 heterocycles. The molecule has 5 rings (SSSR count). The first kappa shape index (κ1) is 16.4. The van der Waals surface area contributed by atoms with Crippen molar-refractivity contribution < 1.29 is 0 Å². The molecule has 0 radical (unpaired) electrons. The molecule has 0 aliphatic carbocycles. The van der Waals surface area contributed by atoms with Crippen molar-refractivity contribution in [3.8, 4) is 11.3 Å². The Hall–Kier alpha value is -3.80. The number of hydrogen-bond donors (Lipinski definition) is 1. The third-order valence-corrected chi connectivity index (χ3v) is 4.66. The average Bonchev–Trinajstić information content (AvgIpc) is 3.23. The summed E-state index contributed by atoms with van der Waals surface area (Å²) in [7, 11) is 0. The summed E-state index contributed by atoms with van der Waals surface area (Å²) in [4.78, 5) is 13.7. The molecule has 0 amide bonds. The van der Waals surface area contributed by atoms with E-state index in [4.69, 9.17) is 4.98 Å². The summed E-state index contributed by atoms with van der Waals surface area (Å²) in [6, 6.07) is 20.1. The predicted molar refractivity (Wildman–Crippen MR) is 110 cm³/mol. The third-order valence-electron chi connectivity index (χ3n) is 4.66. The van der Waals surface area contributed by atoms with Gasteiger partial charge in [0.15, 0.2) is 5.65 Å². The fourth-order valence-corrected chi connectivity index (χ4v) is 3.26. The van der Waals surface area contributed by atoms with E-state index in [1.54, 1.807) is 6.20 Å². The molecule has 28 heavy (non-hydrogen) atoms. The monoisotopic (exact) mass is 366 g/mol. The lowest BCUT2D eigenvalue weighted by molar-refractivity contribution is 0.902. The van der Waals surface area contributed by atoms with Gasteiger partial charge in [-0.2, -0.15) is 9.61 Å². The van der Waals surface area contributed by atoms with Crippen molar-refractivity contribution in [3.63, 3.8) is 0 Å². The second-order valence-electron chi connectivity index (χ2n) is 6.54. The summed E-state index contributed by atoms with van der Waals surface area (Å²) < 4.78 is 1.82. The van der Waals surface area contributed by atoms with E-state index in [0.29, 0.717) is 0 Å². The molecule has 0 spiro atoms. The number of rotatable bonds is 5. The van der Waals surface area contributed by atoms with Gasteiger partial charge in [0.05, 0.1) is 17.4 Å². The van der Waals surface area contributed by atoms with Crippen molar-refractivity contribution >= 4 is 22.4 Å². The van der Waals surface area contributed by atoms with Gasteiger partial charge in [-0.25, -0.2) is 4.98 Å². The Morgan fingerprint density at radius 1 is 0.893 bits per heavy atom. The zero-order chi connectivity index (χ0) is 18.8. The number of nitrogens with one attached hydrogen (secondary N) is 1. The molecule has 0 aliphatic heterocycles. The minimum atomic E-state index is 0.755. The first-order chi connectivity index (χ1) is 13.9. The molecule has 1 N–H and O–H groups in total. The lowest BCUT2D eigenvalue weighted by atomic mass is 10.1. The van der Waals surface area contributed by atoms with Gasteiger partial charge in [-0.05, 0) is 24.3 Å². The van der Waals surface area contributed by atoms with Crippen LogP contribution in [0.25, 0.3) is 27.8 Å². The molecule has 4 aromatic heterocycles. The van der Waals surface area contributed by atoms with Crippen LogP contribution in [0.15, 0.2) is 79.3 Å². The highest BCUT2D eigenvalue weighted by Crippen LogP contribution is 2.24. The topological polar surface area (TPSA) is 68.0 Å². The largest absolute Gasteiger partial charge is 0.369 e. The van der Waals surface area contributed by atoms with Crippen LogP contribution >= 0.6 is 0 Å². The van der Waals surface area contributed by atoms with Gasteiger partial charge in [0.1, 0.15) is 5.82 Å². The van der Waals surface area contributed by atoms with Crippen LogP contribution in [0.2, 0.25) is 0 Å². The minimum absolute atomic E-state index is 0.755. The molecule has 0 atom stereocenters. The van der Waals surface area contributed by atoms with Gasteiger partial charge in [-0.3, -0.25) is 9.97 Å². The molecule has 0 bridgehead atoms. The van der Waals surface area contributed by atoms with Crippen molar-refractivity contribution in [1.29, 1.82) is 0 Å². The molecule has 6 nitrogen and oxygen atoms in total. The van der Waals surface area contributed by atoms with E-state index in [0.717, 1.165) is 52.3 Å². The highest BCUT2D eigenvalue weighted by molar-refractivity contribution is 5.83. The van der Waals surface area contributed by atoms with Gasteiger partial charge in [0.2, 0.25) is 0 Å². The Kier molecular flexibility index (Phi) is 4.14. The van der Waals surface area contributed by atoms with Gasteiger partial charge < -0.3 is 5.32 Å². The number of nitrogens with zero attached hydrogens (tertiary/aromatic N) is 5. The Bertz CT molecular complexity index is 1250. The molecule has 0 saturated carbocycles. The van der Waals surface area contributed by atoms with Crippen molar-refractivity contribution in [2.24, 2.45) is 0 Å². The standard InChI is InChI=1S/C22H18N6/c1-2-7-19-16(5-1)13-17(15-25-19)20-14-22(28-21(27-20)9-12-26-28)24-11-8-18-6-3-4-10-23-18/h1-7,9-10,12-15,24H,8,11H2. The number of pyridine rings is 2. The van der Waals surface area contributed by atoms with Crippen LogP contribution in [-0.2, 0) is 6.42 Å². The van der Waals surface area contributed by atoms with Crippen molar-refractivity contribution in [3.05, 3.63) is 84.9 Å². The molecule has 0 aliphatic rings. The second kappa shape index (κ2) is 7.08. The maximum atomic E-state index is 4.75. The molecule has 136 valence electrons. The van der Waals surface area contributed by atoms with Crippen molar-refractivity contribution in [1.82, 2.24) is 24.6 Å². The molecule has 5 aromatic rings. The van der Waals surface area contributed by atoms with E-state index in [-0.39, 0.29) is 0 Å². The lowest BCUT2D eigenvalue weighted by Gasteiger charge is -2.11. The molecular formula is C22H18N6. The minimum Gasteiger partial charge on any atom is -0.369 e. The fraction of sp³-hybridized carbons (Fsp3) is 0.0909. The second-order valence-corrected chi connectivity index (χ2v) is 6.54. The van der Waals surface area contributed by atoms with Crippen LogP contribution in [0.4, 0.5) is 5.82 Å². The number of para-hydroxylation sites is 1. The predicted octanol–water partition coefficient (Wildman–Crippen LogP) is 3.99. The fourth-order valence-electron chi connectivity index (χ4n) is 3.26. The summed E-state index contributed by atoms with van der Waals surface area (Å²) in [5.74, 6) is 0.897. The van der Waals surface area contributed by atoms with Crippen molar-refractivity contribution in [2.45, 2.75) is 6.42 Å². The zero-order valence-electron chi connectivity index (χ0n) is 15.2. The van der Waals surface area contributed by atoms with Crippen LogP contribution in [0.3, 0.4) is 0 Å². The number of aromatic nitrogens is 5. The summed E-state index contributed by atoms with van der Waals surface area (Å²) in [5, 5.41) is 8.96. The summed E-state index contributed by atoms with van der Waals surface area (Å²) >= 11 is 0. The van der Waals surface area contributed by atoms with E-state index in [1.807, 2.05) is 65.4 Å². The smallest absolute Gasteiger partial charge is 0.157 e. The van der Waals surface area contributed by atoms with Crippen LogP contribution in [0.1, 0.15) is 5.69 Å². The van der Waals surface area contributed by atoms with Gasteiger partial charge in [-0.15, -0.1) is 0 Å². The maximum absolute atomic E-state index is 4.75. The number of hydrogen-bond acceptors (Lipinski definition) is 5. The van der Waals surface area contributed by atoms with E-state index < -0.39 is 0 Å². The van der Waals surface area contributed by atoms with Crippen LogP contribution < -0.4 is 5.32 Å². The highest BCUT2D eigenvalue weighted by Gasteiger charge is 2.09. The zero-order valence-corrected chi connectivity index (χ0v) is 15.2. The maximum Gasteiger partial charge on any atom is 0.157 e. The Balaban J connectivity index is 1.48. The average molecular weight is 366 g/mol. The van der Waals surface area contributed by atoms with Crippen LogP contribution in [0, 0.1) is 0 Å². The third kappa shape index (κ3) is 3.16. The summed E-state index contributed by atoms with van der Waals surface area (Å²) in [6.07, 6.45) is 6.28. The summed E-state index contributed by atoms with van der Waals surface area (Å²) in [6.45, 7) is 0.755. The van der Waals surface area contributed by atoms with Gasteiger partial charge in [-0.1, -0.05) is 24.3 Å².